The van der Waals surface area contributed by atoms with E-state index in [0.29, 0.717) is 5.92 Å². The van der Waals surface area contributed by atoms with Gasteiger partial charge in [0, 0.05) is 20.3 Å². The van der Waals surface area contributed by atoms with Crippen LogP contribution in [-0.2, 0) is 4.74 Å². The van der Waals surface area contributed by atoms with Crippen molar-refractivity contribution in [3.8, 4) is 0 Å². The van der Waals surface area contributed by atoms with Gasteiger partial charge in [-0.05, 0) is 30.9 Å². The Bertz CT molecular complexity index is 286. The molecule has 0 amide bonds. The van der Waals surface area contributed by atoms with E-state index < -0.39 is 0 Å². The van der Waals surface area contributed by atoms with Crippen LogP contribution >= 0.6 is 0 Å². The van der Waals surface area contributed by atoms with Gasteiger partial charge in [0.2, 0.25) is 0 Å². The number of hydrogen-bond donors (Lipinski definition) is 1. The second-order valence-electron chi connectivity index (χ2n) is 4.76. The zero-order chi connectivity index (χ0) is 13.1. The van der Waals surface area contributed by atoms with Gasteiger partial charge in [0.05, 0.1) is 0 Å². The Hall–Kier alpha value is -0.860. The van der Waals surface area contributed by atoms with Crippen LogP contribution in [-0.4, -0.2) is 26.8 Å². The normalized spacial score (nSPS) is 12.6. The molecule has 0 saturated carbocycles. The number of rotatable bonds is 10. The monoisotopic (exact) mass is 249 g/mol. The van der Waals surface area contributed by atoms with Crippen LogP contribution in [0.3, 0.4) is 0 Å². The van der Waals surface area contributed by atoms with Gasteiger partial charge in [-0.2, -0.15) is 0 Å². The van der Waals surface area contributed by atoms with Gasteiger partial charge in [-0.1, -0.05) is 50.1 Å². The molecule has 0 spiro atoms. The van der Waals surface area contributed by atoms with Crippen molar-refractivity contribution in [2.45, 2.75) is 38.5 Å². The highest BCUT2D eigenvalue weighted by molar-refractivity contribution is 5.19. The van der Waals surface area contributed by atoms with Crippen molar-refractivity contribution in [3.63, 3.8) is 0 Å². The minimum Gasteiger partial charge on any atom is -0.385 e. The molecule has 18 heavy (non-hydrogen) atoms. The van der Waals surface area contributed by atoms with Crippen molar-refractivity contribution in [2.24, 2.45) is 0 Å². The second-order valence-corrected chi connectivity index (χ2v) is 4.76. The van der Waals surface area contributed by atoms with Gasteiger partial charge >= 0.3 is 0 Å². The second kappa shape index (κ2) is 10.1. The Kier molecular flexibility index (Phi) is 8.53. The van der Waals surface area contributed by atoms with Gasteiger partial charge in [-0.3, -0.25) is 0 Å². The molecule has 1 rings (SSSR count). The van der Waals surface area contributed by atoms with Crippen LogP contribution in [0.25, 0.3) is 0 Å². The van der Waals surface area contributed by atoms with Crippen molar-refractivity contribution in [3.05, 3.63) is 35.9 Å². The van der Waals surface area contributed by atoms with Crippen LogP contribution in [0.2, 0.25) is 0 Å². The molecule has 0 fully saturated rings. The predicted molar refractivity (Wildman–Crippen MR) is 78.1 cm³/mol. The van der Waals surface area contributed by atoms with Crippen molar-refractivity contribution >= 4 is 0 Å². The number of benzene rings is 1. The molecule has 1 N–H and O–H groups in total. The fourth-order valence-corrected chi connectivity index (χ4v) is 2.24. The topological polar surface area (TPSA) is 21.3 Å². The average Bonchev–Trinajstić information content (AvgIpc) is 2.43. The number of ether oxygens (including phenoxy) is 1. The lowest BCUT2D eigenvalue weighted by Crippen LogP contribution is -2.21. The lowest BCUT2D eigenvalue weighted by atomic mass is 9.93. The molecule has 0 heterocycles. The van der Waals surface area contributed by atoms with E-state index in [9.17, 15) is 0 Å². The molecule has 0 bridgehead atoms. The highest BCUT2D eigenvalue weighted by Crippen LogP contribution is 2.21. The maximum absolute atomic E-state index is 5.09. The van der Waals surface area contributed by atoms with Crippen LogP contribution in [0.1, 0.15) is 44.1 Å². The predicted octanol–water partition coefficient (Wildman–Crippen LogP) is 3.59. The standard InChI is InChI=1S/C16H27NO/c1-3-17-14-16(12-8-5-9-13-18-2)15-10-6-4-7-11-15/h4,6-7,10-11,16-17H,3,5,8-9,12-14H2,1-2H3. The number of nitrogens with one attached hydrogen (secondary N) is 1. The van der Waals surface area contributed by atoms with E-state index >= 15 is 0 Å². The van der Waals surface area contributed by atoms with Gasteiger partial charge in [0.25, 0.3) is 0 Å². The molecule has 1 aromatic rings. The van der Waals surface area contributed by atoms with Crippen LogP contribution in [0.15, 0.2) is 30.3 Å². The molecule has 0 aliphatic rings. The summed E-state index contributed by atoms with van der Waals surface area (Å²) < 4.78 is 5.09. The third-order valence-electron chi connectivity index (χ3n) is 3.31. The minimum absolute atomic E-state index is 0.647. The average molecular weight is 249 g/mol. The van der Waals surface area contributed by atoms with E-state index in [0.717, 1.165) is 19.7 Å². The van der Waals surface area contributed by atoms with Gasteiger partial charge in [0.15, 0.2) is 0 Å². The summed E-state index contributed by atoms with van der Waals surface area (Å²) in [7, 11) is 1.78. The van der Waals surface area contributed by atoms with Crippen molar-refractivity contribution in [1.82, 2.24) is 5.32 Å². The quantitative estimate of drug-likeness (QED) is 0.640. The summed E-state index contributed by atoms with van der Waals surface area (Å²) in [4.78, 5) is 0. The Morgan fingerprint density at radius 2 is 1.89 bits per heavy atom. The summed E-state index contributed by atoms with van der Waals surface area (Å²) in [6, 6.07) is 10.9. The van der Waals surface area contributed by atoms with Gasteiger partial charge in [-0.25, -0.2) is 0 Å². The van der Waals surface area contributed by atoms with Crippen LogP contribution in [0.4, 0.5) is 0 Å². The Morgan fingerprint density at radius 1 is 1.11 bits per heavy atom. The summed E-state index contributed by atoms with van der Waals surface area (Å²) in [6.45, 7) is 5.20. The lowest BCUT2D eigenvalue weighted by molar-refractivity contribution is 0.191. The van der Waals surface area contributed by atoms with Crippen LogP contribution in [0.5, 0.6) is 0 Å². The highest BCUT2D eigenvalue weighted by atomic mass is 16.5. The lowest BCUT2D eigenvalue weighted by Gasteiger charge is -2.17. The Balaban J connectivity index is 2.36. The molecule has 0 radical (unpaired) electrons. The first kappa shape index (κ1) is 15.2. The number of unbranched alkanes of at least 4 members (excludes halogenated alkanes) is 2. The zero-order valence-corrected chi connectivity index (χ0v) is 11.8. The van der Waals surface area contributed by atoms with Crippen molar-refractivity contribution < 1.29 is 4.74 Å². The van der Waals surface area contributed by atoms with E-state index in [1.807, 2.05) is 0 Å². The molecule has 0 saturated heterocycles. The van der Waals surface area contributed by atoms with Gasteiger partial charge in [0.1, 0.15) is 0 Å². The zero-order valence-electron chi connectivity index (χ0n) is 11.8. The molecule has 1 atom stereocenters. The van der Waals surface area contributed by atoms with E-state index in [1.54, 1.807) is 7.11 Å². The summed E-state index contributed by atoms with van der Waals surface area (Å²) in [6.07, 6.45) is 5.00. The van der Waals surface area contributed by atoms with Crippen molar-refractivity contribution in [2.75, 3.05) is 26.8 Å². The van der Waals surface area contributed by atoms with E-state index in [-0.39, 0.29) is 0 Å². The number of methoxy groups -OCH3 is 1. The molecular formula is C16H27NO. The summed E-state index contributed by atoms with van der Waals surface area (Å²) in [5.41, 5.74) is 1.46. The Labute approximate surface area is 112 Å². The number of hydrogen-bond acceptors (Lipinski definition) is 2. The SMILES string of the molecule is CCNCC(CCCCCOC)c1ccccc1. The molecular weight excluding hydrogens is 222 g/mol. The fourth-order valence-electron chi connectivity index (χ4n) is 2.24. The largest absolute Gasteiger partial charge is 0.385 e. The van der Waals surface area contributed by atoms with E-state index in [1.165, 1.54) is 31.2 Å². The first-order chi connectivity index (χ1) is 8.88. The smallest absolute Gasteiger partial charge is 0.0462 e. The van der Waals surface area contributed by atoms with Crippen molar-refractivity contribution in [1.29, 1.82) is 0 Å². The maximum Gasteiger partial charge on any atom is 0.0462 e. The molecule has 0 aromatic heterocycles. The third-order valence-corrected chi connectivity index (χ3v) is 3.31. The Morgan fingerprint density at radius 3 is 2.56 bits per heavy atom. The van der Waals surface area contributed by atoms with E-state index in [4.69, 9.17) is 4.74 Å². The third kappa shape index (κ3) is 6.18. The summed E-state index contributed by atoms with van der Waals surface area (Å²) in [5, 5.41) is 3.47. The molecule has 1 aromatic carbocycles. The van der Waals surface area contributed by atoms with Gasteiger partial charge < -0.3 is 10.1 Å². The molecule has 2 nitrogen and oxygen atoms in total. The molecule has 0 aliphatic carbocycles. The molecule has 102 valence electrons. The number of likely N-dealkylation sites (N-methyl/N-ethyl adjacent to an activating group) is 1. The fraction of sp³-hybridized carbons (Fsp3) is 0.625. The maximum atomic E-state index is 5.09. The molecule has 0 aliphatic heterocycles. The van der Waals surface area contributed by atoms with E-state index in [2.05, 4.69) is 42.6 Å². The minimum atomic E-state index is 0.647. The van der Waals surface area contributed by atoms with Crippen LogP contribution in [0, 0.1) is 0 Å². The van der Waals surface area contributed by atoms with Crippen LogP contribution < -0.4 is 5.32 Å². The highest BCUT2D eigenvalue weighted by Gasteiger charge is 2.09. The summed E-state index contributed by atoms with van der Waals surface area (Å²) in [5.74, 6) is 0.647. The first-order valence-electron chi connectivity index (χ1n) is 7.13. The molecule has 1 unspecified atom stereocenters. The summed E-state index contributed by atoms with van der Waals surface area (Å²) >= 11 is 0. The first-order valence-corrected chi connectivity index (χ1v) is 7.13. The molecule has 2 heteroatoms. The van der Waals surface area contributed by atoms with Gasteiger partial charge in [-0.15, -0.1) is 0 Å².